The van der Waals surface area contributed by atoms with Crippen LogP contribution in [-0.2, 0) is 17.8 Å². The Morgan fingerprint density at radius 1 is 0.957 bits per heavy atom. The van der Waals surface area contributed by atoms with Gasteiger partial charge in [0.1, 0.15) is 23.4 Å². The molecule has 0 spiro atoms. The molecule has 4 aromatic rings. The molecule has 0 aliphatic carbocycles. The molecule has 1 aliphatic rings. The van der Waals surface area contributed by atoms with Crippen LogP contribution in [-0.4, -0.2) is 65.7 Å². The molecule has 9 nitrogen and oxygen atoms in total. The number of amides is 3. The summed E-state index contributed by atoms with van der Waals surface area (Å²) in [5, 5.41) is 15.6. The summed E-state index contributed by atoms with van der Waals surface area (Å²) >= 11 is 0. The van der Waals surface area contributed by atoms with Gasteiger partial charge < -0.3 is 30.1 Å². The minimum Gasteiger partial charge on any atom is -0.488 e. The summed E-state index contributed by atoms with van der Waals surface area (Å²) in [6.45, 7) is 5.54. The second kappa shape index (κ2) is 15.4. The zero-order valence-electron chi connectivity index (χ0n) is 26.6. The van der Waals surface area contributed by atoms with Crippen LogP contribution in [0.5, 0.6) is 17.2 Å². The first-order chi connectivity index (χ1) is 22.3. The van der Waals surface area contributed by atoms with E-state index in [1.54, 1.807) is 29.2 Å². The number of para-hydroxylation sites is 2. The highest BCUT2D eigenvalue weighted by Crippen LogP contribution is 2.30. The Kier molecular flexibility index (Phi) is 10.9. The van der Waals surface area contributed by atoms with Crippen LogP contribution in [0, 0.1) is 5.92 Å². The van der Waals surface area contributed by atoms with Crippen molar-refractivity contribution in [2.75, 3.05) is 37.4 Å². The van der Waals surface area contributed by atoms with Crippen molar-refractivity contribution >= 4 is 23.3 Å². The molecule has 5 rings (SSSR count). The van der Waals surface area contributed by atoms with E-state index in [1.165, 1.54) is 0 Å². The number of anilines is 2. The van der Waals surface area contributed by atoms with Crippen molar-refractivity contribution in [3.63, 3.8) is 0 Å². The fourth-order valence-electron chi connectivity index (χ4n) is 5.51. The van der Waals surface area contributed by atoms with Crippen LogP contribution < -0.4 is 20.1 Å². The molecule has 0 fully saturated rings. The summed E-state index contributed by atoms with van der Waals surface area (Å²) in [6.07, 6.45) is -0.161. The molecule has 4 aromatic carbocycles. The molecule has 1 heterocycles. The first-order valence-corrected chi connectivity index (χ1v) is 15.6. The third-order valence-electron chi connectivity index (χ3n) is 8.05. The van der Waals surface area contributed by atoms with Gasteiger partial charge in [-0.1, -0.05) is 55.5 Å². The first kappa shape index (κ1) is 32.5. The maximum Gasteiger partial charge on any atom is 0.323 e. The van der Waals surface area contributed by atoms with Crippen molar-refractivity contribution in [3.05, 3.63) is 114 Å². The minimum atomic E-state index is -0.384. The van der Waals surface area contributed by atoms with Crippen LogP contribution in [0.1, 0.15) is 25.0 Å². The van der Waals surface area contributed by atoms with Crippen LogP contribution in [0.4, 0.5) is 16.2 Å². The van der Waals surface area contributed by atoms with E-state index in [0.717, 1.165) is 17.1 Å². The van der Waals surface area contributed by atoms with Crippen molar-refractivity contribution < 1.29 is 24.2 Å². The molecule has 0 aromatic heterocycles. The molecule has 240 valence electrons. The van der Waals surface area contributed by atoms with E-state index in [0.29, 0.717) is 42.3 Å². The van der Waals surface area contributed by atoms with Gasteiger partial charge >= 0.3 is 6.03 Å². The standard InChI is InChI=1S/C37H42N4O5/c1-26-22-41(27(2)25-42)36(43)21-29-20-31(39-37(44)38-30-10-6-4-7-11-30)16-19-34(29)46-35(26)24-40(3)23-28-14-17-33(18-15-28)45-32-12-8-5-9-13-32/h4-20,26-27,35,42H,21-25H2,1-3H3,(H2,38,39,44)/t26-,27+,35+/m1/s1. The van der Waals surface area contributed by atoms with Gasteiger partial charge in [-0.25, -0.2) is 4.79 Å². The van der Waals surface area contributed by atoms with Crippen molar-refractivity contribution in [2.45, 2.75) is 39.0 Å². The average Bonchev–Trinajstić information content (AvgIpc) is 3.09. The van der Waals surface area contributed by atoms with Crippen molar-refractivity contribution in [1.82, 2.24) is 9.80 Å². The number of urea groups is 1. The molecule has 1 aliphatic heterocycles. The van der Waals surface area contributed by atoms with Crippen LogP contribution in [0.25, 0.3) is 0 Å². The average molecular weight is 623 g/mol. The van der Waals surface area contributed by atoms with Gasteiger partial charge in [-0.15, -0.1) is 0 Å². The molecule has 0 saturated carbocycles. The predicted molar refractivity (Wildman–Crippen MR) is 180 cm³/mol. The Bertz CT molecular complexity index is 1580. The number of rotatable bonds is 10. The van der Waals surface area contributed by atoms with Gasteiger partial charge in [0.25, 0.3) is 0 Å². The lowest BCUT2D eigenvalue weighted by Crippen LogP contribution is -2.47. The molecule has 46 heavy (non-hydrogen) atoms. The largest absolute Gasteiger partial charge is 0.488 e. The van der Waals surface area contributed by atoms with E-state index in [9.17, 15) is 14.7 Å². The Labute approximate surface area is 270 Å². The van der Waals surface area contributed by atoms with Gasteiger partial charge in [0.05, 0.1) is 19.1 Å². The van der Waals surface area contributed by atoms with Gasteiger partial charge in [-0.3, -0.25) is 9.69 Å². The molecular weight excluding hydrogens is 580 g/mol. The monoisotopic (exact) mass is 622 g/mol. The molecule has 3 N–H and O–H groups in total. The maximum absolute atomic E-state index is 13.6. The SMILES string of the molecule is C[C@@H]1CN([C@@H](C)CO)C(=O)Cc2cc(NC(=O)Nc3ccccc3)ccc2O[C@H]1CN(C)Cc1ccc(Oc2ccccc2)cc1. The highest BCUT2D eigenvalue weighted by molar-refractivity contribution is 5.99. The van der Waals surface area contributed by atoms with E-state index in [1.807, 2.05) is 73.7 Å². The van der Waals surface area contributed by atoms with Crippen molar-refractivity contribution in [3.8, 4) is 17.2 Å². The summed E-state index contributed by atoms with van der Waals surface area (Å²) in [5.74, 6) is 2.05. The van der Waals surface area contributed by atoms with E-state index >= 15 is 0 Å². The lowest BCUT2D eigenvalue weighted by molar-refractivity contribution is -0.134. The quantitative estimate of drug-likeness (QED) is 0.189. The van der Waals surface area contributed by atoms with E-state index in [2.05, 4.69) is 41.6 Å². The van der Waals surface area contributed by atoms with Gasteiger partial charge in [-0.2, -0.15) is 0 Å². The lowest BCUT2D eigenvalue weighted by Gasteiger charge is -2.34. The maximum atomic E-state index is 13.6. The van der Waals surface area contributed by atoms with Crippen LogP contribution >= 0.6 is 0 Å². The number of aliphatic hydroxyl groups is 1. The minimum absolute atomic E-state index is 0.0255. The summed E-state index contributed by atoms with van der Waals surface area (Å²) in [4.78, 5) is 30.2. The molecule has 9 heteroatoms. The zero-order valence-corrected chi connectivity index (χ0v) is 26.6. The Hall–Kier alpha value is -4.86. The first-order valence-electron chi connectivity index (χ1n) is 15.6. The van der Waals surface area contributed by atoms with Gasteiger partial charge in [0.2, 0.25) is 5.91 Å². The topological polar surface area (TPSA) is 103 Å². The lowest BCUT2D eigenvalue weighted by atomic mass is 10.0. The van der Waals surface area contributed by atoms with E-state index in [-0.39, 0.29) is 43.0 Å². The Morgan fingerprint density at radius 2 is 1.61 bits per heavy atom. The summed E-state index contributed by atoms with van der Waals surface area (Å²) in [5.41, 5.74) is 3.03. The van der Waals surface area contributed by atoms with Gasteiger partial charge in [0.15, 0.2) is 0 Å². The Morgan fingerprint density at radius 3 is 2.30 bits per heavy atom. The number of aliphatic hydroxyl groups excluding tert-OH is 1. The molecule has 3 amide bonds. The number of nitrogens with one attached hydrogen (secondary N) is 2. The number of hydrogen-bond donors (Lipinski definition) is 3. The highest BCUT2D eigenvalue weighted by atomic mass is 16.5. The van der Waals surface area contributed by atoms with E-state index < -0.39 is 0 Å². The van der Waals surface area contributed by atoms with E-state index in [4.69, 9.17) is 9.47 Å². The number of nitrogens with zero attached hydrogens (tertiary/aromatic N) is 2. The fourth-order valence-corrected chi connectivity index (χ4v) is 5.51. The molecule has 0 radical (unpaired) electrons. The normalized spacial score (nSPS) is 17.2. The van der Waals surface area contributed by atoms with Crippen molar-refractivity contribution in [2.24, 2.45) is 5.92 Å². The summed E-state index contributed by atoms with van der Waals surface area (Å²) < 4.78 is 12.6. The zero-order chi connectivity index (χ0) is 32.5. The van der Waals surface area contributed by atoms with Gasteiger partial charge in [-0.05, 0) is 74.1 Å². The second-order valence-electron chi connectivity index (χ2n) is 11.9. The number of benzene rings is 4. The molecule has 0 unspecified atom stereocenters. The number of fused-ring (bicyclic) bond motifs is 1. The predicted octanol–water partition coefficient (Wildman–Crippen LogP) is 6.40. The molecular formula is C37H42N4O5. The number of carbonyl (C=O) groups excluding carboxylic acids is 2. The smallest absolute Gasteiger partial charge is 0.323 e. The molecule has 0 saturated heterocycles. The van der Waals surface area contributed by atoms with Crippen LogP contribution in [0.15, 0.2) is 103 Å². The van der Waals surface area contributed by atoms with Crippen molar-refractivity contribution in [1.29, 1.82) is 0 Å². The fraction of sp³-hybridized carbons (Fsp3) is 0.297. The summed E-state index contributed by atoms with van der Waals surface area (Å²) in [7, 11) is 2.05. The number of likely N-dealkylation sites (N-methyl/N-ethyl adjacent to an activating group) is 1. The Balaban J connectivity index is 1.30. The molecule has 0 bridgehead atoms. The second-order valence-corrected chi connectivity index (χ2v) is 11.9. The molecule has 3 atom stereocenters. The summed E-state index contributed by atoms with van der Waals surface area (Å²) in [6, 6.07) is 31.6. The number of carbonyl (C=O) groups is 2. The van der Waals surface area contributed by atoms with Crippen LogP contribution in [0.3, 0.4) is 0 Å². The van der Waals surface area contributed by atoms with Crippen LogP contribution in [0.2, 0.25) is 0 Å². The number of hydrogen-bond acceptors (Lipinski definition) is 6. The third kappa shape index (κ3) is 8.87. The third-order valence-corrected chi connectivity index (χ3v) is 8.05. The number of ether oxygens (including phenoxy) is 2. The van der Waals surface area contributed by atoms with Gasteiger partial charge in [0, 0.05) is 42.5 Å². The highest BCUT2D eigenvalue weighted by Gasteiger charge is 2.31.